The van der Waals surface area contributed by atoms with Crippen molar-refractivity contribution in [3.05, 3.63) is 117 Å². The zero-order valence-corrected chi connectivity index (χ0v) is 16.7. The van der Waals surface area contributed by atoms with Crippen molar-refractivity contribution in [1.82, 2.24) is 0 Å². The van der Waals surface area contributed by atoms with Crippen molar-refractivity contribution in [3.8, 4) is 33.8 Å². The maximum atomic E-state index is 10.5. The number of rotatable bonds is 4. The van der Waals surface area contributed by atoms with Gasteiger partial charge in [0.1, 0.15) is 11.5 Å². The molecule has 8 heteroatoms. The van der Waals surface area contributed by atoms with Gasteiger partial charge in [-0.25, -0.2) is 0 Å². The van der Waals surface area contributed by atoms with Crippen LogP contribution in [0.3, 0.4) is 0 Å². The van der Waals surface area contributed by atoms with Crippen LogP contribution in [0.4, 0.5) is 11.4 Å². The molecular weight excluding hydrogens is 412 g/mol. The first-order valence-corrected chi connectivity index (χ1v) is 9.41. The molecule has 0 aliphatic rings. The number of phenolic OH excluding ortho intramolecular Hbond substituents is 2. The van der Waals surface area contributed by atoms with Crippen LogP contribution in [0, 0.1) is 20.2 Å². The van der Waals surface area contributed by atoms with Gasteiger partial charge in [0.15, 0.2) is 0 Å². The third kappa shape index (κ3) is 5.67. The van der Waals surface area contributed by atoms with E-state index in [4.69, 9.17) is 10.2 Å². The highest BCUT2D eigenvalue weighted by atomic mass is 16.6. The molecule has 32 heavy (non-hydrogen) atoms. The van der Waals surface area contributed by atoms with E-state index in [-0.39, 0.29) is 22.9 Å². The van der Waals surface area contributed by atoms with E-state index in [0.717, 1.165) is 22.3 Å². The highest BCUT2D eigenvalue weighted by molar-refractivity contribution is 5.66. The average molecular weight is 430 g/mol. The number of nitrogens with zero attached hydrogens (tertiary/aromatic N) is 2. The van der Waals surface area contributed by atoms with Gasteiger partial charge in [-0.05, 0) is 70.8 Å². The molecular formula is C24H18N2O6. The van der Waals surface area contributed by atoms with Crippen molar-refractivity contribution >= 4 is 11.4 Å². The molecule has 0 radical (unpaired) electrons. The van der Waals surface area contributed by atoms with E-state index in [0.29, 0.717) is 0 Å². The van der Waals surface area contributed by atoms with Crippen LogP contribution in [0.5, 0.6) is 11.5 Å². The minimum atomic E-state index is -0.430. The van der Waals surface area contributed by atoms with Crippen LogP contribution < -0.4 is 0 Å². The third-order valence-corrected chi connectivity index (χ3v) is 4.56. The zero-order chi connectivity index (χ0) is 23.1. The lowest BCUT2D eigenvalue weighted by Gasteiger charge is -2.01. The highest BCUT2D eigenvalue weighted by Crippen LogP contribution is 2.25. The molecule has 0 aliphatic heterocycles. The molecule has 8 nitrogen and oxygen atoms in total. The number of benzene rings is 4. The van der Waals surface area contributed by atoms with Crippen LogP contribution in [0.1, 0.15) is 0 Å². The van der Waals surface area contributed by atoms with E-state index in [1.165, 1.54) is 24.3 Å². The van der Waals surface area contributed by atoms with Gasteiger partial charge in [-0.1, -0.05) is 24.3 Å². The minimum Gasteiger partial charge on any atom is -0.508 e. The van der Waals surface area contributed by atoms with Gasteiger partial charge >= 0.3 is 0 Å². The monoisotopic (exact) mass is 430 g/mol. The van der Waals surface area contributed by atoms with Crippen LogP contribution in [-0.4, -0.2) is 20.1 Å². The van der Waals surface area contributed by atoms with Crippen molar-refractivity contribution in [2.75, 3.05) is 0 Å². The predicted octanol–water partition coefficient (Wildman–Crippen LogP) is 5.93. The van der Waals surface area contributed by atoms with Gasteiger partial charge in [0, 0.05) is 24.3 Å². The topological polar surface area (TPSA) is 127 Å². The highest BCUT2D eigenvalue weighted by Gasteiger charge is 2.06. The molecule has 0 atom stereocenters. The average Bonchev–Trinajstić information content (AvgIpc) is 2.81. The Kier molecular flexibility index (Phi) is 6.77. The fourth-order valence-corrected chi connectivity index (χ4v) is 2.86. The zero-order valence-electron chi connectivity index (χ0n) is 16.7. The Bertz CT molecular complexity index is 1100. The van der Waals surface area contributed by atoms with Gasteiger partial charge in [0.05, 0.1) is 9.85 Å². The standard InChI is InChI=1S/2C12H9NO3/c2*14-12-7-3-10(4-8-12)9-1-5-11(6-2-9)13(15)16/h2*1-8,14H. The molecule has 0 saturated heterocycles. The number of phenols is 2. The SMILES string of the molecule is O=[N+]([O-])c1ccc(-c2ccc(O)cc2)cc1.O=[N+]([O-])c1ccc(-c2ccc(O)cc2)cc1. The minimum absolute atomic E-state index is 0.0718. The molecule has 0 saturated carbocycles. The summed E-state index contributed by atoms with van der Waals surface area (Å²) in [7, 11) is 0. The van der Waals surface area contributed by atoms with Gasteiger partial charge in [-0.2, -0.15) is 0 Å². The Morgan fingerprint density at radius 3 is 0.875 bits per heavy atom. The summed E-state index contributed by atoms with van der Waals surface area (Å²) in [6, 6.07) is 25.9. The predicted molar refractivity (Wildman–Crippen MR) is 120 cm³/mol. The van der Waals surface area contributed by atoms with E-state index < -0.39 is 9.85 Å². The maximum Gasteiger partial charge on any atom is 0.269 e. The van der Waals surface area contributed by atoms with Crippen molar-refractivity contribution < 1.29 is 20.1 Å². The summed E-state index contributed by atoms with van der Waals surface area (Å²) in [6.45, 7) is 0. The summed E-state index contributed by atoms with van der Waals surface area (Å²) in [5.41, 5.74) is 3.72. The van der Waals surface area contributed by atoms with E-state index >= 15 is 0 Å². The molecule has 2 N–H and O–H groups in total. The molecule has 160 valence electrons. The maximum absolute atomic E-state index is 10.5. The second-order valence-corrected chi connectivity index (χ2v) is 6.70. The fourth-order valence-electron chi connectivity index (χ4n) is 2.86. The number of aromatic hydroxyl groups is 2. The smallest absolute Gasteiger partial charge is 0.269 e. The molecule has 4 aromatic carbocycles. The number of non-ortho nitro benzene ring substituents is 2. The molecule has 0 spiro atoms. The summed E-state index contributed by atoms with van der Waals surface area (Å²) >= 11 is 0. The number of hydrogen-bond donors (Lipinski definition) is 2. The third-order valence-electron chi connectivity index (χ3n) is 4.56. The van der Waals surface area contributed by atoms with Crippen molar-refractivity contribution in [3.63, 3.8) is 0 Å². The van der Waals surface area contributed by atoms with E-state index in [1.54, 1.807) is 72.8 Å². The summed E-state index contributed by atoms with van der Waals surface area (Å²) in [5.74, 6) is 0.399. The number of nitro benzene ring substituents is 2. The van der Waals surface area contributed by atoms with Gasteiger partial charge < -0.3 is 10.2 Å². The molecule has 0 bridgehead atoms. The molecule has 4 rings (SSSR count). The molecule has 0 amide bonds. The fraction of sp³-hybridized carbons (Fsp3) is 0. The lowest BCUT2D eigenvalue weighted by Crippen LogP contribution is -1.86. The Labute approximate surface area is 183 Å². The second-order valence-electron chi connectivity index (χ2n) is 6.70. The Balaban J connectivity index is 0.000000181. The lowest BCUT2D eigenvalue weighted by molar-refractivity contribution is -0.385. The van der Waals surface area contributed by atoms with Crippen LogP contribution in [0.15, 0.2) is 97.1 Å². The number of hydrogen-bond acceptors (Lipinski definition) is 6. The Morgan fingerprint density at radius 1 is 0.438 bits per heavy atom. The molecule has 0 aliphatic carbocycles. The van der Waals surface area contributed by atoms with Crippen LogP contribution in [0.25, 0.3) is 22.3 Å². The van der Waals surface area contributed by atoms with Gasteiger partial charge in [-0.15, -0.1) is 0 Å². The first-order valence-electron chi connectivity index (χ1n) is 9.41. The van der Waals surface area contributed by atoms with Gasteiger partial charge in [0.25, 0.3) is 11.4 Å². The summed E-state index contributed by atoms with van der Waals surface area (Å²) in [6.07, 6.45) is 0. The van der Waals surface area contributed by atoms with Crippen LogP contribution in [0.2, 0.25) is 0 Å². The first-order chi connectivity index (χ1) is 15.3. The van der Waals surface area contributed by atoms with E-state index in [1.807, 2.05) is 0 Å². The molecule has 0 unspecified atom stereocenters. The second kappa shape index (κ2) is 9.86. The first kappa shape index (κ1) is 22.0. The van der Waals surface area contributed by atoms with Gasteiger partial charge in [-0.3, -0.25) is 20.2 Å². The number of nitro groups is 2. The van der Waals surface area contributed by atoms with Crippen molar-refractivity contribution in [1.29, 1.82) is 0 Å². The van der Waals surface area contributed by atoms with E-state index in [2.05, 4.69) is 0 Å². The largest absolute Gasteiger partial charge is 0.508 e. The molecule has 0 fully saturated rings. The normalized spacial score (nSPS) is 10.0. The molecule has 4 aromatic rings. The molecule has 0 aromatic heterocycles. The van der Waals surface area contributed by atoms with Crippen molar-refractivity contribution in [2.45, 2.75) is 0 Å². The van der Waals surface area contributed by atoms with Crippen LogP contribution >= 0.6 is 0 Å². The van der Waals surface area contributed by atoms with E-state index in [9.17, 15) is 20.2 Å². The Morgan fingerprint density at radius 2 is 0.656 bits per heavy atom. The Hall–Kier alpha value is -4.72. The quantitative estimate of drug-likeness (QED) is 0.305. The molecule has 0 heterocycles. The summed E-state index contributed by atoms with van der Waals surface area (Å²) in [4.78, 5) is 20.1. The lowest BCUT2D eigenvalue weighted by atomic mass is 10.1. The summed E-state index contributed by atoms with van der Waals surface area (Å²) in [5, 5.41) is 39.2. The summed E-state index contributed by atoms with van der Waals surface area (Å²) < 4.78 is 0. The van der Waals surface area contributed by atoms with Gasteiger partial charge in [0.2, 0.25) is 0 Å². The van der Waals surface area contributed by atoms with Crippen molar-refractivity contribution in [2.24, 2.45) is 0 Å². The van der Waals surface area contributed by atoms with Crippen LogP contribution in [-0.2, 0) is 0 Å².